The van der Waals surface area contributed by atoms with E-state index in [9.17, 15) is 29.3 Å². The van der Waals surface area contributed by atoms with Crippen molar-refractivity contribution in [3.63, 3.8) is 0 Å². The minimum absolute atomic E-state index is 0.0777. The standard InChI is InChI=1S/C41H33NO11Se/c43-37(28-13-5-1-6-14-28)49-25-33-34(51-38(44)29-15-7-2-8-16-29)35(52-39(45)30-17-9-3-10-18-30)36(53-40(46)31-19-11-4-12-20-31)41(50-33)54-26-27-21-23-32(24-22-27)42(47)48/h1-24,33-36,41H,25-26H2/t33-,34-,35+,36-,41+/m1/s1. The molecule has 1 heterocycles. The molecule has 0 amide bonds. The van der Waals surface area contributed by atoms with E-state index in [0.717, 1.165) is 5.56 Å². The van der Waals surface area contributed by atoms with Crippen LogP contribution < -0.4 is 0 Å². The van der Waals surface area contributed by atoms with Crippen molar-refractivity contribution >= 4 is 44.5 Å². The topological polar surface area (TPSA) is 158 Å². The number of nitrogens with zero attached hydrogens (tertiary/aromatic N) is 1. The van der Waals surface area contributed by atoms with Crippen LogP contribution >= 0.6 is 0 Å². The molecule has 5 aromatic rings. The Morgan fingerprint density at radius 1 is 0.556 bits per heavy atom. The summed E-state index contributed by atoms with van der Waals surface area (Å²) in [5.74, 6) is -2.99. The van der Waals surface area contributed by atoms with E-state index in [4.69, 9.17) is 23.7 Å². The first-order chi connectivity index (χ1) is 26.3. The molecule has 12 nitrogen and oxygen atoms in total. The van der Waals surface area contributed by atoms with E-state index in [0.29, 0.717) is 5.32 Å². The fourth-order valence-electron chi connectivity index (χ4n) is 5.55. The number of carbonyl (C=O) groups is 4. The van der Waals surface area contributed by atoms with Crippen molar-refractivity contribution in [2.75, 3.05) is 6.61 Å². The van der Waals surface area contributed by atoms with Crippen molar-refractivity contribution in [2.45, 2.75) is 34.7 Å². The minimum atomic E-state index is -1.45. The second kappa shape index (κ2) is 18.1. The van der Waals surface area contributed by atoms with Crippen LogP contribution in [0, 0.1) is 10.1 Å². The molecule has 1 fully saturated rings. The van der Waals surface area contributed by atoms with Gasteiger partial charge in [0.15, 0.2) is 0 Å². The van der Waals surface area contributed by atoms with Gasteiger partial charge in [-0.05, 0) is 0 Å². The Morgan fingerprint density at radius 3 is 1.41 bits per heavy atom. The first-order valence-corrected chi connectivity index (χ1v) is 19.0. The van der Waals surface area contributed by atoms with Gasteiger partial charge in [-0.25, -0.2) is 0 Å². The summed E-state index contributed by atoms with van der Waals surface area (Å²) in [6.45, 7) is -0.427. The van der Waals surface area contributed by atoms with E-state index in [2.05, 4.69) is 0 Å². The number of nitro benzene ring substituents is 1. The van der Waals surface area contributed by atoms with Crippen LogP contribution in [0.3, 0.4) is 0 Å². The van der Waals surface area contributed by atoms with Gasteiger partial charge >= 0.3 is 317 Å². The molecule has 0 aliphatic carbocycles. The van der Waals surface area contributed by atoms with Crippen LogP contribution in [-0.2, 0) is 29.0 Å². The summed E-state index contributed by atoms with van der Waals surface area (Å²) in [5, 5.41) is 10.7. The number of nitro groups is 1. The number of carbonyl (C=O) groups excluding carboxylic acids is 4. The van der Waals surface area contributed by atoms with Crippen molar-refractivity contribution in [1.82, 2.24) is 0 Å². The normalized spacial score (nSPS) is 19.1. The molecule has 0 radical (unpaired) electrons. The van der Waals surface area contributed by atoms with E-state index in [1.807, 2.05) is 0 Å². The predicted molar refractivity (Wildman–Crippen MR) is 195 cm³/mol. The maximum atomic E-state index is 13.8. The summed E-state index contributed by atoms with van der Waals surface area (Å²) in [7, 11) is 0. The third-order valence-electron chi connectivity index (χ3n) is 8.30. The SMILES string of the molecule is O=C(OC[C@H]1O[C@@H]([Se]Cc2ccc([N+](=O)[O-])cc2)[C@H](OC(=O)c2ccccc2)[C@@H](OC(=O)c2ccccc2)[C@@H]1OC(=O)c1ccccc1)c1ccccc1. The summed E-state index contributed by atoms with van der Waals surface area (Å²) < 4.78 is 30.6. The van der Waals surface area contributed by atoms with Gasteiger partial charge in [-0.2, -0.15) is 0 Å². The summed E-state index contributed by atoms with van der Waals surface area (Å²) in [5.41, 5.74) is 1.51. The second-order valence-corrected chi connectivity index (χ2v) is 14.2. The Morgan fingerprint density at radius 2 is 0.963 bits per heavy atom. The van der Waals surface area contributed by atoms with Crippen LogP contribution in [0.25, 0.3) is 0 Å². The van der Waals surface area contributed by atoms with E-state index in [-0.39, 0.29) is 27.9 Å². The summed E-state index contributed by atoms with van der Waals surface area (Å²) in [4.78, 5) is 65.0. The molecule has 0 spiro atoms. The number of rotatable bonds is 13. The summed E-state index contributed by atoms with van der Waals surface area (Å²) in [6, 6.07) is 38.7. The molecule has 0 unspecified atom stereocenters. The average Bonchev–Trinajstić information content (AvgIpc) is 3.22. The number of hydrogen-bond acceptors (Lipinski definition) is 11. The van der Waals surface area contributed by atoms with E-state index in [1.54, 1.807) is 133 Å². The molecule has 6 rings (SSSR count). The fraction of sp³-hybridized carbons (Fsp3) is 0.171. The van der Waals surface area contributed by atoms with Gasteiger partial charge in [0, 0.05) is 0 Å². The molecule has 1 aliphatic heterocycles. The molecule has 5 aromatic carbocycles. The zero-order valence-electron chi connectivity index (χ0n) is 28.5. The van der Waals surface area contributed by atoms with Gasteiger partial charge in [-0.15, -0.1) is 0 Å². The molecule has 0 N–H and O–H groups in total. The van der Waals surface area contributed by atoms with Crippen LogP contribution in [-0.4, -0.2) is 79.8 Å². The number of ether oxygens (including phenoxy) is 5. The van der Waals surface area contributed by atoms with Crippen LogP contribution in [0.4, 0.5) is 5.69 Å². The van der Waals surface area contributed by atoms with Crippen LogP contribution in [0.1, 0.15) is 47.0 Å². The number of esters is 4. The van der Waals surface area contributed by atoms with Crippen molar-refractivity contribution in [3.05, 3.63) is 184 Å². The molecule has 0 saturated carbocycles. The van der Waals surface area contributed by atoms with Gasteiger partial charge in [0.1, 0.15) is 0 Å². The van der Waals surface area contributed by atoms with Crippen molar-refractivity contribution in [2.24, 2.45) is 0 Å². The predicted octanol–water partition coefficient (Wildman–Crippen LogP) is 6.06. The molecule has 1 aliphatic rings. The third-order valence-corrected chi connectivity index (χ3v) is 10.8. The Hall–Kier alpha value is -6.14. The number of non-ortho nitro benzene ring substituents is 1. The van der Waals surface area contributed by atoms with Gasteiger partial charge in [-0.1, -0.05) is 0 Å². The maximum absolute atomic E-state index is 13.8. The molecule has 13 heteroatoms. The van der Waals surface area contributed by atoms with E-state index in [1.165, 1.54) is 12.1 Å². The molecule has 0 aromatic heterocycles. The second-order valence-electron chi connectivity index (χ2n) is 11.9. The van der Waals surface area contributed by atoms with E-state index < -0.39 is 79.8 Å². The van der Waals surface area contributed by atoms with Crippen LogP contribution in [0.15, 0.2) is 146 Å². The summed E-state index contributed by atoms with van der Waals surface area (Å²) >= 11 is -0.606. The van der Waals surface area contributed by atoms with Gasteiger partial charge in [0.2, 0.25) is 0 Å². The Labute approximate surface area is 316 Å². The molecule has 274 valence electrons. The van der Waals surface area contributed by atoms with Crippen molar-refractivity contribution in [3.8, 4) is 0 Å². The quantitative estimate of drug-likeness (QED) is 0.0449. The Kier molecular flexibility index (Phi) is 12.6. The Balaban J connectivity index is 1.39. The van der Waals surface area contributed by atoms with Crippen molar-refractivity contribution < 1.29 is 47.8 Å². The molecular weight excluding hydrogens is 761 g/mol. The van der Waals surface area contributed by atoms with Gasteiger partial charge < -0.3 is 0 Å². The molecule has 0 bridgehead atoms. The zero-order chi connectivity index (χ0) is 37.9. The summed E-state index contributed by atoms with van der Waals surface area (Å²) in [6.07, 6.45) is -5.41. The molecule has 5 atom stereocenters. The molecule has 1 saturated heterocycles. The third kappa shape index (κ3) is 9.64. The first-order valence-electron chi connectivity index (χ1n) is 16.8. The monoisotopic (exact) mass is 795 g/mol. The van der Waals surface area contributed by atoms with Gasteiger partial charge in [0.25, 0.3) is 0 Å². The average molecular weight is 795 g/mol. The fourth-order valence-corrected chi connectivity index (χ4v) is 8.01. The van der Waals surface area contributed by atoms with Gasteiger partial charge in [-0.3, -0.25) is 0 Å². The zero-order valence-corrected chi connectivity index (χ0v) is 30.2. The van der Waals surface area contributed by atoms with Crippen LogP contribution in [0.2, 0.25) is 0 Å². The molecular formula is C41H33NO11Se. The first kappa shape index (κ1) is 37.6. The molecule has 54 heavy (non-hydrogen) atoms. The van der Waals surface area contributed by atoms with E-state index >= 15 is 0 Å². The van der Waals surface area contributed by atoms with Crippen molar-refractivity contribution in [1.29, 1.82) is 0 Å². The van der Waals surface area contributed by atoms with Gasteiger partial charge in [0.05, 0.1) is 0 Å². The van der Waals surface area contributed by atoms with Crippen LogP contribution in [0.5, 0.6) is 0 Å². The Bertz CT molecular complexity index is 2050. The number of benzene rings is 5. The number of hydrogen-bond donors (Lipinski definition) is 0.